The summed E-state index contributed by atoms with van der Waals surface area (Å²) >= 11 is 0. The van der Waals surface area contributed by atoms with Gasteiger partial charge in [-0.25, -0.2) is 0 Å². The molecule has 245 valence electrons. The molecule has 6 rings (SSSR count). The Balaban J connectivity index is 0.000000259. The molecule has 2 aromatic heterocycles. The first-order valence-electron chi connectivity index (χ1n) is 16.6. The Hall–Kier alpha value is -3.27. The van der Waals surface area contributed by atoms with Crippen LogP contribution >= 0.6 is 0 Å². The fraction of sp³-hybridized carbons (Fsp3) is 0.415. The molecule has 5 aromatic rings. The summed E-state index contributed by atoms with van der Waals surface area (Å²) in [6.07, 6.45) is 6.77. The molecule has 0 unspecified atom stereocenters. The zero-order chi connectivity index (χ0) is 32.7. The second kappa shape index (κ2) is 13.8. The molecule has 0 aliphatic heterocycles. The van der Waals surface area contributed by atoms with E-state index in [1.165, 1.54) is 38.9 Å². The summed E-state index contributed by atoms with van der Waals surface area (Å²) in [5.74, 6) is 0.547. The van der Waals surface area contributed by atoms with Crippen molar-refractivity contribution in [3.63, 3.8) is 0 Å². The second-order valence-electron chi connectivity index (χ2n) is 14.0. The number of nitrogens with zero attached hydrogens (tertiary/aromatic N) is 1. The van der Waals surface area contributed by atoms with Crippen LogP contribution in [-0.2, 0) is 35.7 Å². The smallest absolute Gasteiger partial charge is 0.162 e. The van der Waals surface area contributed by atoms with Gasteiger partial charge >= 0.3 is 0 Å². The Morgan fingerprint density at radius 1 is 0.957 bits per heavy atom. The van der Waals surface area contributed by atoms with Crippen LogP contribution in [0.5, 0.6) is 0 Å². The standard InChI is InChI=1S/C28H24NO.C13H24O2.Ir/c1-27(2,3)20-13-12-19-22-23-21(30-26(20)22)14-15-29-25(23)18-11-10-16-8-6-7-9-17(16)24(18)28(19,4)5;1-5-10(6-2)12(14)9-13(15)11(7-3)8-4;/h6-10,12-15H,1-5H3;9-11,14H,5-8H2,1-4H3;/q-1;;/b;12-9-;. The van der Waals surface area contributed by atoms with E-state index in [1.807, 2.05) is 40.0 Å². The quantitative estimate of drug-likeness (QED) is 0.101. The van der Waals surface area contributed by atoms with E-state index in [0.717, 1.165) is 53.5 Å². The van der Waals surface area contributed by atoms with Crippen LogP contribution in [0.2, 0.25) is 0 Å². The zero-order valence-corrected chi connectivity index (χ0v) is 31.2. The van der Waals surface area contributed by atoms with Crippen molar-refractivity contribution in [3.8, 4) is 11.3 Å². The molecular formula is C41H48IrNO3-. The maximum absolute atomic E-state index is 11.7. The van der Waals surface area contributed by atoms with E-state index in [9.17, 15) is 9.90 Å². The number of rotatable bonds is 7. The molecule has 0 amide bonds. The van der Waals surface area contributed by atoms with E-state index >= 15 is 0 Å². The number of aliphatic hydroxyl groups is 1. The van der Waals surface area contributed by atoms with Crippen LogP contribution in [0.25, 0.3) is 44.0 Å². The summed E-state index contributed by atoms with van der Waals surface area (Å²) < 4.78 is 6.51. The number of hydrogen-bond donors (Lipinski definition) is 1. The van der Waals surface area contributed by atoms with Gasteiger partial charge in [0.05, 0.1) is 5.76 Å². The predicted octanol–water partition coefficient (Wildman–Crippen LogP) is 11.4. The summed E-state index contributed by atoms with van der Waals surface area (Å²) in [6, 6.07) is 20.9. The van der Waals surface area contributed by atoms with Gasteiger partial charge in [-0.1, -0.05) is 109 Å². The number of ketones is 1. The Kier molecular flexibility index (Phi) is 10.7. The third-order valence-corrected chi connectivity index (χ3v) is 9.81. The number of carbonyl (C=O) groups excluding carboxylic acids is 1. The number of benzene rings is 3. The number of carbonyl (C=O) groups is 1. The maximum Gasteiger partial charge on any atom is 0.162 e. The van der Waals surface area contributed by atoms with Gasteiger partial charge in [0.2, 0.25) is 0 Å². The van der Waals surface area contributed by atoms with Gasteiger partial charge < -0.3 is 14.5 Å². The van der Waals surface area contributed by atoms with Gasteiger partial charge in [0, 0.05) is 60.5 Å². The summed E-state index contributed by atoms with van der Waals surface area (Å²) in [5, 5.41) is 14.6. The van der Waals surface area contributed by atoms with Gasteiger partial charge in [0.25, 0.3) is 0 Å². The van der Waals surface area contributed by atoms with Crippen LogP contribution in [-0.4, -0.2) is 15.9 Å². The SMILES string of the molecule is CC(C)(C)c1ccc2c3c1oc1ccnc(c13)-c1[c-]cc3ccccc3c1C2(C)C.CCC(CC)C(=O)/C=C(\O)C(CC)CC.[Ir]. The largest absolute Gasteiger partial charge is 0.512 e. The van der Waals surface area contributed by atoms with Crippen LogP contribution < -0.4 is 0 Å². The Morgan fingerprint density at radius 2 is 1.61 bits per heavy atom. The number of aromatic nitrogens is 1. The molecule has 3 aromatic carbocycles. The van der Waals surface area contributed by atoms with E-state index in [0.29, 0.717) is 0 Å². The number of furan rings is 1. The average Bonchev–Trinajstić information content (AvgIpc) is 3.37. The van der Waals surface area contributed by atoms with E-state index in [2.05, 4.69) is 83.1 Å². The molecule has 0 fully saturated rings. The minimum absolute atomic E-state index is 0. The molecule has 1 aliphatic carbocycles. The van der Waals surface area contributed by atoms with E-state index in [-0.39, 0.29) is 54.3 Å². The molecule has 46 heavy (non-hydrogen) atoms. The Bertz CT molecular complexity index is 1900. The predicted molar refractivity (Wildman–Crippen MR) is 188 cm³/mol. The van der Waals surface area contributed by atoms with Crippen LogP contribution in [0, 0.1) is 17.9 Å². The molecule has 4 nitrogen and oxygen atoms in total. The van der Waals surface area contributed by atoms with E-state index in [4.69, 9.17) is 9.40 Å². The molecule has 0 saturated heterocycles. The monoisotopic (exact) mass is 795 g/mol. The maximum atomic E-state index is 11.7. The van der Waals surface area contributed by atoms with Gasteiger partial charge in [-0.2, -0.15) is 0 Å². The van der Waals surface area contributed by atoms with Crippen LogP contribution in [0.15, 0.2) is 71.0 Å². The Labute approximate surface area is 288 Å². The van der Waals surface area contributed by atoms with Crippen LogP contribution in [0.4, 0.5) is 0 Å². The van der Waals surface area contributed by atoms with Gasteiger partial charge in [-0.15, -0.1) is 23.3 Å². The Morgan fingerprint density at radius 3 is 2.24 bits per heavy atom. The fourth-order valence-electron chi connectivity index (χ4n) is 7.08. The topological polar surface area (TPSA) is 63.3 Å². The van der Waals surface area contributed by atoms with Crippen molar-refractivity contribution in [1.82, 2.24) is 4.98 Å². The van der Waals surface area contributed by atoms with Crippen molar-refractivity contribution in [2.75, 3.05) is 0 Å². The minimum Gasteiger partial charge on any atom is -0.512 e. The third kappa shape index (κ3) is 6.21. The molecule has 0 atom stereocenters. The molecule has 5 heteroatoms. The molecule has 1 aliphatic rings. The van der Waals surface area contributed by atoms with E-state index in [1.54, 1.807) is 0 Å². The number of fused-ring (bicyclic) bond motifs is 4. The number of allylic oxidation sites excluding steroid dienone is 2. The molecule has 0 spiro atoms. The summed E-state index contributed by atoms with van der Waals surface area (Å²) in [5.41, 5.74) is 7.54. The summed E-state index contributed by atoms with van der Waals surface area (Å²) in [7, 11) is 0. The molecule has 0 saturated carbocycles. The van der Waals surface area contributed by atoms with Gasteiger partial charge in [-0.05, 0) is 53.8 Å². The fourth-order valence-corrected chi connectivity index (χ4v) is 7.08. The first-order chi connectivity index (χ1) is 21.4. The van der Waals surface area contributed by atoms with Gasteiger partial charge in [0.1, 0.15) is 11.2 Å². The third-order valence-electron chi connectivity index (χ3n) is 9.81. The minimum atomic E-state index is -0.223. The van der Waals surface area contributed by atoms with E-state index < -0.39 is 0 Å². The van der Waals surface area contributed by atoms with Crippen molar-refractivity contribution in [1.29, 1.82) is 0 Å². The number of hydrogen-bond acceptors (Lipinski definition) is 4. The first kappa shape index (κ1) is 35.6. The molecule has 0 bridgehead atoms. The van der Waals surface area contributed by atoms with Crippen molar-refractivity contribution in [3.05, 3.63) is 89.3 Å². The van der Waals surface area contributed by atoms with Crippen LogP contribution in [0.3, 0.4) is 0 Å². The number of pyridine rings is 1. The van der Waals surface area contributed by atoms with Crippen LogP contribution in [0.1, 0.15) is 105 Å². The van der Waals surface area contributed by atoms with Crippen molar-refractivity contribution in [2.24, 2.45) is 11.8 Å². The average molecular weight is 795 g/mol. The summed E-state index contributed by atoms with van der Waals surface area (Å²) in [4.78, 5) is 16.6. The normalized spacial score (nSPS) is 13.9. The molecule has 1 N–H and O–H groups in total. The second-order valence-corrected chi connectivity index (χ2v) is 14.0. The van der Waals surface area contributed by atoms with Crippen molar-refractivity contribution >= 4 is 38.5 Å². The van der Waals surface area contributed by atoms with Gasteiger partial charge in [0.15, 0.2) is 5.78 Å². The molecule has 1 radical (unpaired) electrons. The zero-order valence-electron chi connectivity index (χ0n) is 28.8. The van der Waals surface area contributed by atoms with Crippen molar-refractivity contribution < 1.29 is 34.4 Å². The van der Waals surface area contributed by atoms with Crippen molar-refractivity contribution in [2.45, 2.75) is 98.8 Å². The van der Waals surface area contributed by atoms with Gasteiger partial charge in [-0.3, -0.25) is 4.79 Å². The number of aliphatic hydroxyl groups excluding tert-OH is 1. The molecular weight excluding hydrogens is 747 g/mol. The summed E-state index contributed by atoms with van der Waals surface area (Å²) in [6.45, 7) is 19.4. The molecule has 2 heterocycles. The first-order valence-corrected chi connectivity index (χ1v) is 16.6.